The Balaban J connectivity index is 1.75. The number of guanidine groups is 1. The molecule has 1 amide bonds. The van der Waals surface area contributed by atoms with E-state index in [4.69, 9.17) is 4.74 Å². The van der Waals surface area contributed by atoms with Gasteiger partial charge in [-0.2, -0.15) is 0 Å². The van der Waals surface area contributed by atoms with E-state index in [1.807, 2.05) is 20.8 Å². The van der Waals surface area contributed by atoms with E-state index in [1.165, 1.54) is 6.07 Å². The van der Waals surface area contributed by atoms with Gasteiger partial charge < -0.3 is 20.3 Å². The van der Waals surface area contributed by atoms with Crippen LogP contribution >= 0.6 is 0 Å². The molecule has 0 unspecified atom stereocenters. The number of nitrogens with one attached hydrogen (secondary N) is 2. The van der Waals surface area contributed by atoms with Crippen molar-refractivity contribution in [3.05, 3.63) is 29.8 Å². The summed E-state index contributed by atoms with van der Waals surface area (Å²) >= 11 is 0. The summed E-state index contributed by atoms with van der Waals surface area (Å²) in [5.74, 6) is 0.175. The van der Waals surface area contributed by atoms with Crippen LogP contribution in [0.1, 0.15) is 26.5 Å². The molecule has 0 aliphatic carbocycles. The molecule has 8 heteroatoms. The number of hydrogen-bond donors (Lipinski definition) is 2. The third kappa shape index (κ3) is 5.07. The van der Waals surface area contributed by atoms with Gasteiger partial charge in [-0.05, 0) is 32.9 Å². The Labute approximate surface area is 141 Å². The van der Waals surface area contributed by atoms with Crippen LogP contribution in [-0.2, 0) is 11.3 Å². The summed E-state index contributed by atoms with van der Waals surface area (Å²) in [6.07, 6.45) is 1.22. The first kappa shape index (κ1) is 18.0. The van der Waals surface area contributed by atoms with Crippen molar-refractivity contribution >= 4 is 12.1 Å². The van der Waals surface area contributed by atoms with Crippen molar-refractivity contribution in [2.75, 3.05) is 20.1 Å². The quantitative estimate of drug-likeness (QED) is 0.646. The molecule has 0 saturated carbocycles. The van der Waals surface area contributed by atoms with Gasteiger partial charge in [-0.1, -0.05) is 0 Å². The van der Waals surface area contributed by atoms with E-state index < -0.39 is 5.60 Å². The Bertz CT molecular complexity index is 609. The average molecular weight is 337 g/mol. The molecule has 132 valence electrons. The average Bonchev–Trinajstić information content (AvgIpc) is 2.45. The Kier molecular flexibility index (Phi) is 5.58. The van der Waals surface area contributed by atoms with Gasteiger partial charge in [0, 0.05) is 26.3 Å². The Morgan fingerprint density at radius 1 is 1.50 bits per heavy atom. The van der Waals surface area contributed by atoms with Gasteiger partial charge in [0.2, 0.25) is 0 Å². The van der Waals surface area contributed by atoms with E-state index >= 15 is 0 Å². The fraction of sp³-hybridized carbons (Fsp3) is 0.562. The van der Waals surface area contributed by atoms with Crippen LogP contribution in [0.25, 0.3) is 0 Å². The highest BCUT2D eigenvalue weighted by atomic mass is 19.1. The maximum absolute atomic E-state index is 13.5. The fourth-order valence-electron chi connectivity index (χ4n) is 2.15. The summed E-state index contributed by atoms with van der Waals surface area (Å²) in [7, 11) is 1.63. The summed E-state index contributed by atoms with van der Waals surface area (Å²) in [6, 6.07) is 2.99. The first-order chi connectivity index (χ1) is 11.3. The lowest BCUT2D eigenvalue weighted by molar-refractivity contribution is 0.00701. The number of carbonyl (C=O) groups is 1. The maximum Gasteiger partial charge on any atom is 0.410 e. The number of ether oxygens (including phenoxy) is 1. The molecule has 2 rings (SSSR count). The second-order valence-corrected chi connectivity index (χ2v) is 6.58. The minimum absolute atomic E-state index is 0.0808. The van der Waals surface area contributed by atoms with Gasteiger partial charge in [0.1, 0.15) is 11.4 Å². The number of pyridine rings is 1. The second kappa shape index (κ2) is 7.46. The van der Waals surface area contributed by atoms with E-state index in [0.29, 0.717) is 24.7 Å². The van der Waals surface area contributed by atoms with Gasteiger partial charge in [0.15, 0.2) is 5.96 Å². The zero-order valence-electron chi connectivity index (χ0n) is 14.5. The zero-order chi connectivity index (χ0) is 17.7. The number of likely N-dealkylation sites (tertiary alicyclic amines) is 1. The number of hydrogen-bond acceptors (Lipinski definition) is 4. The normalized spacial score (nSPS) is 15.7. The molecule has 1 aromatic heterocycles. The van der Waals surface area contributed by atoms with Crippen LogP contribution < -0.4 is 10.6 Å². The summed E-state index contributed by atoms with van der Waals surface area (Å²) in [6.45, 7) is 6.81. The molecule has 1 aromatic rings. The summed E-state index contributed by atoms with van der Waals surface area (Å²) < 4.78 is 18.8. The molecule has 1 aliphatic heterocycles. The molecule has 2 N–H and O–H groups in total. The van der Waals surface area contributed by atoms with E-state index in [9.17, 15) is 9.18 Å². The molecule has 0 radical (unpaired) electrons. The van der Waals surface area contributed by atoms with Crippen LogP contribution in [0.5, 0.6) is 0 Å². The van der Waals surface area contributed by atoms with Crippen LogP contribution in [0.3, 0.4) is 0 Å². The molecule has 0 aromatic carbocycles. The predicted octanol–water partition coefficient (Wildman–Crippen LogP) is 1.50. The number of aliphatic imine (C=N–C) groups is 1. The number of nitrogens with zero attached hydrogens (tertiary/aromatic N) is 3. The summed E-state index contributed by atoms with van der Waals surface area (Å²) in [5.41, 5.74) is -0.176. The van der Waals surface area contributed by atoms with Crippen molar-refractivity contribution in [1.82, 2.24) is 20.5 Å². The molecule has 1 saturated heterocycles. The van der Waals surface area contributed by atoms with Crippen LogP contribution in [0.15, 0.2) is 23.3 Å². The molecule has 7 nitrogen and oxygen atoms in total. The predicted molar refractivity (Wildman–Crippen MR) is 89.1 cm³/mol. The monoisotopic (exact) mass is 337 g/mol. The van der Waals surface area contributed by atoms with Crippen molar-refractivity contribution in [3.8, 4) is 0 Å². The third-order valence-electron chi connectivity index (χ3n) is 3.36. The Morgan fingerprint density at radius 2 is 2.21 bits per heavy atom. The van der Waals surface area contributed by atoms with E-state index in [1.54, 1.807) is 24.2 Å². The highest BCUT2D eigenvalue weighted by Gasteiger charge is 2.34. The van der Waals surface area contributed by atoms with E-state index in [0.717, 1.165) is 0 Å². The highest BCUT2D eigenvalue weighted by Crippen LogP contribution is 2.15. The third-order valence-corrected chi connectivity index (χ3v) is 3.36. The van der Waals surface area contributed by atoms with Crippen molar-refractivity contribution in [1.29, 1.82) is 0 Å². The number of rotatable bonds is 3. The molecule has 0 atom stereocenters. The van der Waals surface area contributed by atoms with Gasteiger partial charge in [0.05, 0.1) is 18.3 Å². The van der Waals surface area contributed by atoms with E-state index in [2.05, 4.69) is 20.6 Å². The SMILES string of the molecule is CN=C(NCc1ncccc1F)NC1CN(C(=O)OC(C)(C)C)C1. The van der Waals surface area contributed by atoms with E-state index in [-0.39, 0.29) is 24.5 Å². The van der Waals surface area contributed by atoms with Gasteiger partial charge in [-0.3, -0.25) is 9.98 Å². The van der Waals surface area contributed by atoms with Crippen molar-refractivity contribution in [2.24, 2.45) is 4.99 Å². The first-order valence-corrected chi connectivity index (χ1v) is 7.83. The molecule has 2 heterocycles. The number of carbonyl (C=O) groups excluding carboxylic acids is 1. The molecule has 1 aliphatic rings. The first-order valence-electron chi connectivity index (χ1n) is 7.83. The van der Waals surface area contributed by atoms with Crippen LogP contribution in [0.4, 0.5) is 9.18 Å². The molecule has 24 heavy (non-hydrogen) atoms. The lowest BCUT2D eigenvalue weighted by Crippen LogP contribution is -2.63. The molecular weight excluding hydrogens is 313 g/mol. The maximum atomic E-state index is 13.5. The van der Waals surface area contributed by atoms with Gasteiger partial charge in [0.25, 0.3) is 0 Å². The number of halogens is 1. The molecule has 1 fully saturated rings. The fourth-order valence-corrected chi connectivity index (χ4v) is 2.15. The Hall–Kier alpha value is -2.38. The van der Waals surface area contributed by atoms with Gasteiger partial charge in [-0.15, -0.1) is 0 Å². The van der Waals surface area contributed by atoms with Gasteiger partial charge in [-0.25, -0.2) is 9.18 Å². The highest BCUT2D eigenvalue weighted by molar-refractivity contribution is 5.80. The number of amides is 1. The number of aromatic nitrogens is 1. The summed E-state index contributed by atoms with van der Waals surface area (Å²) in [5, 5.41) is 6.19. The minimum atomic E-state index is -0.500. The second-order valence-electron chi connectivity index (χ2n) is 6.58. The standard InChI is InChI=1S/C16H24FN5O2/c1-16(2,3)24-15(23)22-9-11(10-22)21-14(18-4)20-8-13-12(17)6-5-7-19-13/h5-7,11H,8-10H2,1-4H3,(H2,18,20,21). The van der Waals surface area contributed by atoms with Crippen molar-refractivity contribution in [2.45, 2.75) is 39.0 Å². The zero-order valence-corrected chi connectivity index (χ0v) is 14.5. The van der Waals surface area contributed by atoms with Gasteiger partial charge >= 0.3 is 6.09 Å². The molecular formula is C16H24FN5O2. The largest absolute Gasteiger partial charge is 0.444 e. The summed E-state index contributed by atoms with van der Waals surface area (Å²) in [4.78, 5) is 21.6. The van der Waals surface area contributed by atoms with Crippen LogP contribution in [0, 0.1) is 5.82 Å². The molecule has 0 bridgehead atoms. The Morgan fingerprint density at radius 3 is 2.79 bits per heavy atom. The van der Waals surface area contributed by atoms with Crippen molar-refractivity contribution in [3.63, 3.8) is 0 Å². The van der Waals surface area contributed by atoms with Crippen LogP contribution in [-0.4, -0.2) is 53.7 Å². The lowest BCUT2D eigenvalue weighted by Gasteiger charge is -2.40. The molecule has 0 spiro atoms. The van der Waals surface area contributed by atoms with Crippen LogP contribution in [0.2, 0.25) is 0 Å². The smallest absolute Gasteiger partial charge is 0.410 e. The minimum Gasteiger partial charge on any atom is -0.444 e. The lowest BCUT2D eigenvalue weighted by atomic mass is 10.1. The topological polar surface area (TPSA) is 78.9 Å². The van der Waals surface area contributed by atoms with Crippen molar-refractivity contribution < 1.29 is 13.9 Å².